The Kier molecular flexibility index (Phi) is 10.0. The molecule has 9 heteroatoms. The zero-order valence-electron chi connectivity index (χ0n) is 18.4. The van der Waals surface area contributed by atoms with Crippen molar-refractivity contribution in [2.75, 3.05) is 18.5 Å². The van der Waals surface area contributed by atoms with E-state index < -0.39 is 11.8 Å². The van der Waals surface area contributed by atoms with Crippen LogP contribution in [-0.2, 0) is 9.59 Å². The van der Waals surface area contributed by atoms with Gasteiger partial charge in [0.05, 0.1) is 18.8 Å². The molecule has 0 saturated heterocycles. The van der Waals surface area contributed by atoms with Crippen LogP contribution in [-0.4, -0.2) is 30.9 Å². The zero-order valence-corrected chi connectivity index (χ0v) is 20.0. The average molecular weight is 506 g/mol. The van der Waals surface area contributed by atoms with Crippen LogP contribution in [0.3, 0.4) is 0 Å². The quantitative estimate of drug-likeness (QED) is 0.422. The van der Waals surface area contributed by atoms with Crippen LogP contribution in [0, 0.1) is 5.92 Å². The number of ether oxygens (including phenoxy) is 2. The lowest BCUT2D eigenvalue weighted by molar-refractivity contribution is -0.124. The smallest absolute Gasteiger partial charge is 0.273 e. The van der Waals surface area contributed by atoms with Gasteiger partial charge in [-0.1, -0.05) is 29.8 Å². The Bertz CT molecular complexity index is 932. The van der Waals surface area contributed by atoms with Crippen molar-refractivity contribution >= 4 is 39.3 Å². The second-order valence-corrected chi connectivity index (χ2v) is 8.27. The summed E-state index contributed by atoms with van der Waals surface area (Å²) in [6.07, 6.45) is -0.118. The molecule has 172 valence electrons. The Hall–Kier alpha value is -3.07. The molecule has 0 spiro atoms. The maximum absolute atomic E-state index is 12.5. The predicted molar refractivity (Wildman–Crippen MR) is 126 cm³/mol. The number of rotatable bonds is 10. The number of amides is 3. The SMILES string of the molecule is CCOc1ccc(NC(=O)CCC(=O)NNC(=O)c2cc(Br)ccc2OCC(C)C)cc1. The Labute approximate surface area is 196 Å². The fourth-order valence-corrected chi connectivity index (χ4v) is 2.93. The summed E-state index contributed by atoms with van der Waals surface area (Å²) in [5, 5.41) is 2.71. The molecule has 0 heterocycles. The van der Waals surface area contributed by atoms with E-state index in [1.54, 1.807) is 42.5 Å². The molecular weight excluding hydrogens is 478 g/mol. The highest BCUT2D eigenvalue weighted by Gasteiger charge is 2.15. The molecule has 0 aliphatic rings. The molecule has 0 atom stereocenters. The average Bonchev–Trinajstić information content (AvgIpc) is 2.76. The molecule has 8 nitrogen and oxygen atoms in total. The fourth-order valence-electron chi connectivity index (χ4n) is 2.57. The second-order valence-electron chi connectivity index (χ2n) is 7.35. The highest BCUT2D eigenvalue weighted by atomic mass is 79.9. The standard InChI is InChI=1S/C23H28BrN3O5/c1-4-31-18-8-6-17(7-9-18)25-21(28)11-12-22(29)26-27-23(30)19-13-16(24)5-10-20(19)32-14-15(2)3/h5-10,13,15H,4,11-12,14H2,1-3H3,(H,25,28)(H,26,29)(H,27,30). The molecule has 0 unspecified atom stereocenters. The van der Waals surface area contributed by atoms with Crippen LogP contribution < -0.4 is 25.6 Å². The Morgan fingerprint density at radius 3 is 2.28 bits per heavy atom. The summed E-state index contributed by atoms with van der Waals surface area (Å²) in [6, 6.07) is 12.0. The molecule has 0 aliphatic heterocycles. The van der Waals surface area contributed by atoms with Gasteiger partial charge in [0, 0.05) is 23.0 Å². The summed E-state index contributed by atoms with van der Waals surface area (Å²) >= 11 is 3.33. The maximum Gasteiger partial charge on any atom is 0.273 e. The largest absolute Gasteiger partial charge is 0.494 e. The minimum atomic E-state index is -0.516. The molecule has 0 bridgehead atoms. The lowest BCUT2D eigenvalue weighted by atomic mass is 10.2. The van der Waals surface area contributed by atoms with E-state index in [0.717, 1.165) is 0 Å². The van der Waals surface area contributed by atoms with Gasteiger partial charge in [0.25, 0.3) is 5.91 Å². The van der Waals surface area contributed by atoms with E-state index in [4.69, 9.17) is 9.47 Å². The van der Waals surface area contributed by atoms with Gasteiger partial charge in [-0.2, -0.15) is 0 Å². The van der Waals surface area contributed by atoms with Gasteiger partial charge in [-0.15, -0.1) is 0 Å². The molecule has 0 saturated carbocycles. The zero-order chi connectivity index (χ0) is 23.5. The van der Waals surface area contributed by atoms with Crippen molar-refractivity contribution in [2.45, 2.75) is 33.6 Å². The number of halogens is 1. The molecule has 0 aliphatic carbocycles. The van der Waals surface area contributed by atoms with Gasteiger partial charge in [-0.3, -0.25) is 25.2 Å². The van der Waals surface area contributed by atoms with E-state index in [2.05, 4.69) is 32.1 Å². The number of hydrazine groups is 1. The van der Waals surface area contributed by atoms with Gasteiger partial charge in [-0.05, 0) is 55.3 Å². The molecule has 0 fully saturated rings. The van der Waals surface area contributed by atoms with Crippen molar-refractivity contribution in [3.05, 3.63) is 52.5 Å². The normalized spacial score (nSPS) is 10.4. The molecule has 3 amide bonds. The van der Waals surface area contributed by atoms with Crippen LogP contribution in [0.1, 0.15) is 44.0 Å². The van der Waals surface area contributed by atoms with Crippen molar-refractivity contribution in [1.29, 1.82) is 0 Å². The number of benzene rings is 2. The van der Waals surface area contributed by atoms with Crippen molar-refractivity contribution in [3.8, 4) is 11.5 Å². The van der Waals surface area contributed by atoms with Crippen molar-refractivity contribution < 1.29 is 23.9 Å². The molecule has 32 heavy (non-hydrogen) atoms. The molecule has 0 radical (unpaired) electrons. The third-order valence-corrected chi connectivity index (χ3v) is 4.60. The van der Waals surface area contributed by atoms with Crippen molar-refractivity contribution in [3.63, 3.8) is 0 Å². The fraction of sp³-hybridized carbons (Fsp3) is 0.348. The van der Waals surface area contributed by atoms with Gasteiger partial charge in [0.15, 0.2) is 0 Å². The Morgan fingerprint density at radius 1 is 0.938 bits per heavy atom. The Balaban J connectivity index is 1.80. The van der Waals surface area contributed by atoms with E-state index in [9.17, 15) is 14.4 Å². The topological polar surface area (TPSA) is 106 Å². The van der Waals surface area contributed by atoms with Crippen LogP contribution in [0.2, 0.25) is 0 Å². The number of carbonyl (C=O) groups excluding carboxylic acids is 3. The van der Waals surface area contributed by atoms with Gasteiger partial charge >= 0.3 is 0 Å². The number of carbonyl (C=O) groups is 3. The number of anilines is 1. The van der Waals surface area contributed by atoms with E-state index in [-0.39, 0.29) is 24.3 Å². The molecule has 3 N–H and O–H groups in total. The summed E-state index contributed by atoms with van der Waals surface area (Å²) in [5.41, 5.74) is 5.58. The summed E-state index contributed by atoms with van der Waals surface area (Å²) in [6.45, 7) is 6.92. The molecule has 2 aromatic rings. The number of hydrogen-bond acceptors (Lipinski definition) is 5. The van der Waals surface area contributed by atoms with E-state index in [1.165, 1.54) is 0 Å². The lowest BCUT2D eigenvalue weighted by Gasteiger charge is -2.14. The van der Waals surface area contributed by atoms with Gasteiger partial charge < -0.3 is 14.8 Å². The van der Waals surface area contributed by atoms with Crippen molar-refractivity contribution in [2.24, 2.45) is 5.92 Å². The predicted octanol–water partition coefficient (Wildman–Crippen LogP) is 4.06. The van der Waals surface area contributed by atoms with E-state index in [0.29, 0.717) is 40.8 Å². The first-order chi connectivity index (χ1) is 15.3. The third-order valence-electron chi connectivity index (χ3n) is 4.10. The van der Waals surface area contributed by atoms with Crippen LogP contribution in [0.5, 0.6) is 11.5 Å². The first-order valence-electron chi connectivity index (χ1n) is 10.3. The van der Waals surface area contributed by atoms with Crippen LogP contribution >= 0.6 is 15.9 Å². The van der Waals surface area contributed by atoms with Gasteiger partial charge in [0.1, 0.15) is 11.5 Å². The van der Waals surface area contributed by atoms with E-state index in [1.807, 2.05) is 20.8 Å². The van der Waals surface area contributed by atoms with Crippen LogP contribution in [0.15, 0.2) is 46.9 Å². The number of nitrogens with one attached hydrogen (secondary N) is 3. The monoisotopic (exact) mass is 505 g/mol. The highest BCUT2D eigenvalue weighted by Crippen LogP contribution is 2.23. The summed E-state index contributed by atoms with van der Waals surface area (Å²) < 4.78 is 11.7. The maximum atomic E-state index is 12.5. The van der Waals surface area contributed by atoms with Gasteiger partial charge in [0.2, 0.25) is 11.8 Å². The number of hydrogen-bond donors (Lipinski definition) is 3. The second kappa shape index (κ2) is 12.7. The molecular formula is C23H28BrN3O5. The van der Waals surface area contributed by atoms with E-state index >= 15 is 0 Å². The third kappa shape index (κ3) is 8.58. The molecule has 0 aromatic heterocycles. The summed E-state index contributed by atoms with van der Waals surface area (Å²) in [4.78, 5) is 36.6. The Morgan fingerprint density at radius 2 is 1.62 bits per heavy atom. The summed E-state index contributed by atoms with van der Waals surface area (Å²) in [5.74, 6) is 0.110. The highest BCUT2D eigenvalue weighted by molar-refractivity contribution is 9.10. The lowest BCUT2D eigenvalue weighted by Crippen LogP contribution is -2.42. The van der Waals surface area contributed by atoms with Crippen LogP contribution in [0.25, 0.3) is 0 Å². The molecule has 2 aromatic carbocycles. The van der Waals surface area contributed by atoms with Crippen LogP contribution in [0.4, 0.5) is 5.69 Å². The minimum Gasteiger partial charge on any atom is -0.494 e. The summed E-state index contributed by atoms with van der Waals surface area (Å²) in [7, 11) is 0. The molecule has 2 rings (SSSR count). The van der Waals surface area contributed by atoms with Gasteiger partial charge in [-0.25, -0.2) is 0 Å². The first-order valence-corrected chi connectivity index (χ1v) is 11.1. The minimum absolute atomic E-state index is 0.0332. The first kappa shape index (κ1) is 25.2. The van der Waals surface area contributed by atoms with Crippen molar-refractivity contribution in [1.82, 2.24) is 10.9 Å².